The Hall–Kier alpha value is -1.77. The Labute approximate surface area is 82.6 Å². The third-order valence-electron chi connectivity index (χ3n) is 1.70. The third-order valence-corrected chi connectivity index (χ3v) is 1.70. The van der Waals surface area contributed by atoms with Crippen molar-refractivity contribution in [3.8, 4) is 0 Å². The molecule has 1 aromatic rings. The molecule has 1 rings (SSSR count). The van der Waals surface area contributed by atoms with E-state index in [1.54, 1.807) is 6.92 Å². The number of hydrogen-bond acceptors (Lipinski definition) is 3. The summed E-state index contributed by atoms with van der Waals surface area (Å²) in [7, 11) is 0. The summed E-state index contributed by atoms with van der Waals surface area (Å²) in [6.45, 7) is 1.75. The zero-order chi connectivity index (χ0) is 10.4. The van der Waals surface area contributed by atoms with Crippen molar-refractivity contribution in [2.45, 2.75) is 13.5 Å². The van der Waals surface area contributed by atoms with E-state index in [1.807, 2.05) is 30.3 Å². The van der Waals surface area contributed by atoms with E-state index in [4.69, 9.17) is 9.84 Å². The molecule has 0 saturated carbocycles. The zero-order valence-corrected chi connectivity index (χ0v) is 7.93. The predicted octanol–water partition coefficient (Wildman–Crippen LogP) is 2.19. The van der Waals surface area contributed by atoms with E-state index in [2.05, 4.69) is 0 Å². The van der Waals surface area contributed by atoms with E-state index >= 15 is 0 Å². The summed E-state index contributed by atoms with van der Waals surface area (Å²) in [5.41, 5.74) is 0.893. The Morgan fingerprint density at radius 2 is 2.07 bits per heavy atom. The van der Waals surface area contributed by atoms with Gasteiger partial charge < -0.3 is 9.84 Å². The minimum atomic E-state index is -0.698. The van der Waals surface area contributed by atoms with E-state index in [9.17, 15) is 4.79 Å². The van der Waals surface area contributed by atoms with Crippen molar-refractivity contribution in [3.63, 3.8) is 0 Å². The second-order valence-electron chi connectivity index (χ2n) is 2.74. The molecule has 0 aromatic heterocycles. The number of hydrogen-bond donors (Lipinski definition) is 1. The van der Waals surface area contributed by atoms with Crippen LogP contribution in [0.1, 0.15) is 12.5 Å². The van der Waals surface area contributed by atoms with Crippen molar-refractivity contribution in [2.75, 3.05) is 0 Å². The Morgan fingerprint density at radius 3 is 2.64 bits per heavy atom. The van der Waals surface area contributed by atoms with Crippen LogP contribution < -0.4 is 0 Å². The van der Waals surface area contributed by atoms with Gasteiger partial charge in [0.1, 0.15) is 6.61 Å². The molecule has 0 aliphatic heterocycles. The first kappa shape index (κ1) is 10.3. The third kappa shape index (κ3) is 2.94. The van der Waals surface area contributed by atoms with E-state index < -0.39 is 5.97 Å². The summed E-state index contributed by atoms with van der Waals surface area (Å²) in [4.78, 5) is 11.0. The molecule has 74 valence electrons. The average Bonchev–Trinajstić information content (AvgIpc) is 2.26. The normalized spacial score (nSPS) is 11.1. The Bertz CT molecular complexity index is 328. The zero-order valence-electron chi connectivity index (χ0n) is 7.93. The van der Waals surface area contributed by atoms with E-state index in [0.717, 1.165) is 5.56 Å². The standard InChI is InChI=1S/C11H12O3/c1-2-10(12)11(13)14-8-9-6-4-3-5-7-9/h2-7,12H,8H2,1H3. The fourth-order valence-corrected chi connectivity index (χ4v) is 0.915. The van der Waals surface area contributed by atoms with E-state index in [1.165, 1.54) is 6.08 Å². The van der Waals surface area contributed by atoms with Crippen LogP contribution in [0.4, 0.5) is 0 Å². The maximum absolute atomic E-state index is 11.0. The summed E-state index contributed by atoms with van der Waals surface area (Å²) < 4.78 is 4.82. The van der Waals surface area contributed by atoms with Gasteiger partial charge in [-0.2, -0.15) is 0 Å². The first-order chi connectivity index (χ1) is 6.74. The Morgan fingerprint density at radius 1 is 1.43 bits per heavy atom. The maximum atomic E-state index is 11.0. The maximum Gasteiger partial charge on any atom is 0.373 e. The van der Waals surface area contributed by atoms with Gasteiger partial charge in [-0.25, -0.2) is 4.79 Å². The molecule has 0 aliphatic rings. The highest BCUT2D eigenvalue weighted by Gasteiger charge is 2.06. The number of benzene rings is 1. The number of rotatable bonds is 3. The topological polar surface area (TPSA) is 46.5 Å². The molecule has 0 bridgehead atoms. The first-order valence-corrected chi connectivity index (χ1v) is 4.30. The summed E-state index contributed by atoms with van der Waals surface area (Å²) in [6, 6.07) is 9.30. The second kappa shape index (κ2) is 5.07. The number of allylic oxidation sites excluding steroid dienone is 1. The quantitative estimate of drug-likeness (QED) is 0.453. The number of esters is 1. The van der Waals surface area contributed by atoms with E-state index in [0.29, 0.717) is 0 Å². The SMILES string of the molecule is CC=C(O)C(=O)OCc1ccccc1. The predicted molar refractivity (Wildman–Crippen MR) is 52.6 cm³/mol. The molecule has 1 aromatic carbocycles. The number of carbonyl (C=O) groups is 1. The molecule has 0 amide bonds. The van der Waals surface area contributed by atoms with Crippen LogP contribution in [0.5, 0.6) is 0 Å². The minimum Gasteiger partial charge on any atom is -0.502 e. The fraction of sp³-hybridized carbons (Fsp3) is 0.182. The number of carbonyl (C=O) groups excluding carboxylic acids is 1. The van der Waals surface area contributed by atoms with Gasteiger partial charge in [0, 0.05) is 0 Å². The van der Waals surface area contributed by atoms with Crippen LogP contribution in [0.25, 0.3) is 0 Å². The lowest BCUT2D eigenvalue weighted by Crippen LogP contribution is -2.07. The van der Waals surface area contributed by atoms with Crippen LogP contribution >= 0.6 is 0 Å². The molecule has 0 atom stereocenters. The van der Waals surface area contributed by atoms with Gasteiger partial charge in [0.25, 0.3) is 0 Å². The van der Waals surface area contributed by atoms with Crippen LogP contribution in [-0.4, -0.2) is 11.1 Å². The largest absolute Gasteiger partial charge is 0.502 e. The summed E-state index contributed by atoms with van der Waals surface area (Å²) in [5.74, 6) is -1.06. The second-order valence-corrected chi connectivity index (χ2v) is 2.74. The highest BCUT2D eigenvalue weighted by atomic mass is 16.5. The fourth-order valence-electron chi connectivity index (χ4n) is 0.915. The summed E-state index contributed by atoms with van der Waals surface area (Å²) >= 11 is 0. The summed E-state index contributed by atoms with van der Waals surface area (Å²) in [5, 5.41) is 8.99. The molecule has 0 saturated heterocycles. The molecule has 0 spiro atoms. The molecule has 0 aliphatic carbocycles. The molecule has 3 nitrogen and oxygen atoms in total. The van der Waals surface area contributed by atoms with Crippen LogP contribution in [0.3, 0.4) is 0 Å². The first-order valence-electron chi connectivity index (χ1n) is 4.30. The lowest BCUT2D eigenvalue weighted by atomic mass is 10.2. The Kier molecular flexibility index (Phi) is 3.73. The van der Waals surface area contributed by atoms with Gasteiger partial charge in [0.05, 0.1) is 0 Å². The van der Waals surface area contributed by atoms with Gasteiger partial charge in [-0.05, 0) is 18.6 Å². The smallest absolute Gasteiger partial charge is 0.373 e. The molecule has 1 N–H and O–H groups in total. The molecule has 3 heteroatoms. The molecular weight excluding hydrogens is 180 g/mol. The lowest BCUT2D eigenvalue weighted by molar-refractivity contribution is -0.143. The Balaban J connectivity index is 2.46. The molecule has 14 heavy (non-hydrogen) atoms. The van der Waals surface area contributed by atoms with Gasteiger partial charge >= 0.3 is 5.97 Å². The van der Waals surface area contributed by atoms with Gasteiger partial charge in [-0.3, -0.25) is 0 Å². The average molecular weight is 192 g/mol. The van der Waals surface area contributed by atoms with Crippen molar-refractivity contribution in [1.29, 1.82) is 0 Å². The lowest BCUT2D eigenvalue weighted by Gasteiger charge is -2.03. The molecule has 0 radical (unpaired) electrons. The van der Waals surface area contributed by atoms with Gasteiger partial charge in [-0.15, -0.1) is 0 Å². The van der Waals surface area contributed by atoms with E-state index in [-0.39, 0.29) is 12.4 Å². The van der Waals surface area contributed by atoms with Crippen LogP contribution in [-0.2, 0) is 16.1 Å². The highest BCUT2D eigenvalue weighted by Crippen LogP contribution is 2.02. The monoisotopic (exact) mass is 192 g/mol. The molecule has 0 unspecified atom stereocenters. The number of aliphatic hydroxyl groups excluding tert-OH is 1. The summed E-state index contributed by atoms with van der Waals surface area (Å²) in [6.07, 6.45) is 1.30. The molecule has 0 heterocycles. The van der Waals surface area contributed by atoms with Crippen LogP contribution in [0.15, 0.2) is 42.2 Å². The van der Waals surface area contributed by atoms with Crippen LogP contribution in [0.2, 0.25) is 0 Å². The number of aliphatic hydroxyl groups is 1. The van der Waals surface area contributed by atoms with Crippen molar-refractivity contribution in [1.82, 2.24) is 0 Å². The minimum absolute atomic E-state index is 0.178. The highest BCUT2D eigenvalue weighted by molar-refractivity contribution is 5.85. The van der Waals surface area contributed by atoms with Crippen LogP contribution in [0, 0.1) is 0 Å². The van der Waals surface area contributed by atoms with Gasteiger partial charge in [-0.1, -0.05) is 30.3 Å². The van der Waals surface area contributed by atoms with Crippen molar-refractivity contribution in [3.05, 3.63) is 47.7 Å². The van der Waals surface area contributed by atoms with Gasteiger partial charge in [0.2, 0.25) is 0 Å². The number of ether oxygens (including phenoxy) is 1. The van der Waals surface area contributed by atoms with Crippen molar-refractivity contribution >= 4 is 5.97 Å². The van der Waals surface area contributed by atoms with Crippen molar-refractivity contribution in [2.24, 2.45) is 0 Å². The molecular formula is C11H12O3. The van der Waals surface area contributed by atoms with Crippen molar-refractivity contribution < 1.29 is 14.6 Å². The van der Waals surface area contributed by atoms with Gasteiger partial charge in [0.15, 0.2) is 5.76 Å². The molecule has 0 fully saturated rings.